The average molecular weight is 297 g/mol. The molecule has 0 spiro atoms. The summed E-state index contributed by atoms with van der Waals surface area (Å²) in [5, 5.41) is 3.83. The van der Waals surface area contributed by atoms with Gasteiger partial charge in [0.1, 0.15) is 18.6 Å². The fourth-order valence-electron chi connectivity index (χ4n) is 1.98. The number of nitrogens with zero attached hydrogens (tertiary/aromatic N) is 1. The van der Waals surface area contributed by atoms with Crippen LogP contribution in [0.15, 0.2) is 33.9 Å². The molecular weight excluding hydrogens is 282 g/mol. The smallest absolute Gasteiger partial charge is 0.176 e. The molecule has 108 valence electrons. The van der Waals surface area contributed by atoms with Gasteiger partial charge in [-0.1, -0.05) is 11.2 Å². The third-order valence-electron chi connectivity index (χ3n) is 2.96. The van der Waals surface area contributed by atoms with Gasteiger partial charge in [0.05, 0.1) is 12.0 Å². The number of aromatic nitrogens is 1. The van der Waals surface area contributed by atoms with Gasteiger partial charge in [0, 0.05) is 17.9 Å². The van der Waals surface area contributed by atoms with Crippen molar-refractivity contribution < 1.29 is 22.7 Å². The summed E-state index contributed by atoms with van der Waals surface area (Å²) in [6.45, 7) is 2.03. The Morgan fingerprint density at radius 1 is 1.30 bits per heavy atom. The Kier molecular flexibility index (Phi) is 4.22. The van der Waals surface area contributed by atoms with Crippen LogP contribution in [0.3, 0.4) is 0 Å². The lowest BCUT2D eigenvalue weighted by molar-refractivity contribution is -0.282. The fraction of sp³-hybridized carbons (Fsp3) is 0.308. The van der Waals surface area contributed by atoms with Crippen molar-refractivity contribution in [1.82, 2.24) is 5.16 Å². The van der Waals surface area contributed by atoms with Gasteiger partial charge in [-0.2, -0.15) is 0 Å². The molecule has 1 aromatic carbocycles. The lowest BCUT2D eigenvalue weighted by atomic mass is 10.0. The molecule has 20 heavy (non-hydrogen) atoms. The summed E-state index contributed by atoms with van der Waals surface area (Å²) in [4.78, 5) is 9.69. The van der Waals surface area contributed by atoms with Gasteiger partial charge in [-0.3, -0.25) is 0 Å². The minimum atomic E-state index is -3.37. The van der Waals surface area contributed by atoms with Crippen LogP contribution in [0.1, 0.15) is 11.1 Å². The molecule has 1 aromatic heterocycles. The number of hydrogen-bond donors (Lipinski definition) is 0. The molecule has 2 aromatic rings. The third-order valence-corrected chi connectivity index (χ3v) is 4.10. The minimum absolute atomic E-state index is 0.213. The highest BCUT2D eigenvalue weighted by molar-refractivity contribution is 7.90. The molecule has 0 amide bonds. The molecule has 7 heteroatoms. The summed E-state index contributed by atoms with van der Waals surface area (Å²) >= 11 is 0. The van der Waals surface area contributed by atoms with Crippen LogP contribution in [0.25, 0.3) is 11.3 Å². The molecule has 1 heterocycles. The van der Waals surface area contributed by atoms with E-state index in [1.165, 1.54) is 13.4 Å². The molecule has 0 atom stereocenters. The number of benzene rings is 1. The summed E-state index contributed by atoms with van der Waals surface area (Å²) in [7, 11) is -1.96. The van der Waals surface area contributed by atoms with Crippen LogP contribution < -0.4 is 0 Å². The molecule has 0 saturated heterocycles. The molecule has 0 radical (unpaired) electrons. The number of hydrogen-bond acceptors (Lipinski definition) is 6. The predicted molar refractivity (Wildman–Crippen MR) is 71.6 cm³/mol. The fourth-order valence-corrected chi connectivity index (χ4v) is 2.92. The van der Waals surface area contributed by atoms with E-state index in [-0.39, 0.29) is 11.5 Å². The Labute approximate surface area is 117 Å². The second-order valence-corrected chi connectivity index (χ2v) is 6.29. The van der Waals surface area contributed by atoms with E-state index in [4.69, 9.17) is 9.41 Å². The van der Waals surface area contributed by atoms with E-state index in [0.29, 0.717) is 11.3 Å². The van der Waals surface area contributed by atoms with Crippen molar-refractivity contribution in [3.8, 4) is 11.3 Å². The van der Waals surface area contributed by atoms with Crippen molar-refractivity contribution >= 4 is 9.84 Å². The zero-order chi connectivity index (χ0) is 14.8. The van der Waals surface area contributed by atoms with E-state index in [1.807, 2.05) is 6.92 Å². The van der Waals surface area contributed by atoms with Gasteiger partial charge in [0.25, 0.3) is 0 Å². The quantitative estimate of drug-likeness (QED) is 0.621. The average Bonchev–Trinajstić information content (AvgIpc) is 2.89. The van der Waals surface area contributed by atoms with Gasteiger partial charge >= 0.3 is 0 Å². The van der Waals surface area contributed by atoms with E-state index >= 15 is 0 Å². The second-order valence-electron chi connectivity index (χ2n) is 4.31. The monoisotopic (exact) mass is 297 g/mol. The van der Waals surface area contributed by atoms with Crippen molar-refractivity contribution in [2.75, 3.05) is 13.4 Å². The van der Waals surface area contributed by atoms with Crippen LogP contribution in [0.5, 0.6) is 0 Å². The molecule has 0 bridgehead atoms. The lowest BCUT2D eigenvalue weighted by Crippen LogP contribution is -2.05. The molecule has 0 aliphatic carbocycles. The maximum absolute atomic E-state index is 11.9. The molecule has 0 aliphatic heterocycles. The van der Waals surface area contributed by atoms with Gasteiger partial charge in [-0.25, -0.2) is 18.2 Å². The molecule has 6 nitrogen and oxygen atoms in total. The third kappa shape index (κ3) is 2.90. The van der Waals surface area contributed by atoms with Gasteiger partial charge < -0.3 is 4.52 Å². The Morgan fingerprint density at radius 2 is 2.05 bits per heavy atom. The minimum Gasteiger partial charge on any atom is -0.364 e. The predicted octanol–water partition coefficient (Wildman–Crippen LogP) is 2.13. The molecule has 0 aliphatic rings. The normalized spacial score (nSPS) is 11.8. The zero-order valence-electron chi connectivity index (χ0n) is 11.4. The first-order valence-corrected chi connectivity index (χ1v) is 7.73. The van der Waals surface area contributed by atoms with Crippen LogP contribution >= 0.6 is 0 Å². The molecule has 2 rings (SSSR count). The Bertz CT molecular complexity index is 692. The van der Waals surface area contributed by atoms with E-state index in [9.17, 15) is 8.42 Å². The second kappa shape index (κ2) is 5.74. The first kappa shape index (κ1) is 14.7. The van der Waals surface area contributed by atoms with Gasteiger partial charge in [0.2, 0.25) is 0 Å². The Morgan fingerprint density at radius 3 is 2.60 bits per heavy atom. The molecule has 0 saturated carbocycles. The maximum Gasteiger partial charge on any atom is 0.176 e. The highest BCUT2D eigenvalue weighted by atomic mass is 32.2. The number of sulfone groups is 1. The standard InChI is InChI=1S/C13H15NO5S/c1-9-10(8-19-17-2)4-5-12(20(3,15)16)13(9)11-6-7-18-14-11/h4-7H,8H2,1-3H3. The van der Waals surface area contributed by atoms with E-state index in [0.717, 1.165) is 17.4 Å². The molecular formula is C13H15NO5S. The van der Waals surface area contributed by atoms with Crippen molar-refractivity contribution in [2.45, 2.75) is 18.4 Å². The SMILES string of the molecule is COOCc1ccc(S(C)(=O)=O)c(-c2ccon2)c1C. The van der Waals surface area contributed by atoms with Crippen molar-refractivity contribution in [1.29, 1.82) is 0 Å². The summed E-state index contributed by atoms with van der Waals surface area (Å²) in [5.41, 5.74) is 2.58. The summed E-state index contributed by atoms with van der Waals surface area (Å²) < 4.78 is 28.6. The molecule has 0 fully saturated rings. The van der Waals surface area contributed by atoms with Crippen LogP contribution in [0, 0.1) is 6.92 Å². The van der Waals surface area contributed by atoms with Gasteiger partial charge in [-0.15, -0.1) is 0 Å². The van der Waals surface area contributed by atoms with Crippen molar-refractivity contribution in [3.05, 3.63) is 35.6 Å². The largest absolute Gasteiger partial charge is 0.364 e. The van der Waals surface area contributed by atoms with Crippen molar-refractivity contribution in [2.24, 2.45) is 0 Å². The Hall–Kier alpha value is -1.70. The zero-order valence-corrected chi connectivity index (χ0v) is 12.2. The summed E-state index contributed by atoms with van der Waals surface area (Å²) in [6.07, 6.45) is 2.57. The first-order valence-electron chi connectivity index (χ1n) is 5.84. The maximum atomic E-state index is 11.9. The van der Waals surface area contributed by atoms with Crippen LogP contribution in [0.4, 0.5) is 0 Å². The number of rotatable bonds is 5. The van der Waals surface area contributed by atoms with Crippen LogP contribution in [-0.4, -0.2) is 26.9 Å². The molecule has 0 N–H and O–H groups in total. The highest BCUT2D eigenvalue weighted by Crippen LogP contribution is 2.32. The summed E-state index contributed by atoms with van der Waals surface area (Å²) in [5.74, 6) is 0. The topological polar surface area (TPSA) is 78.6 Å². The molecule has 0 unspecified atom stereocenters. The lowest BCUT2D eigenvalue weighted by Gasteiger charge is -2.13. The highest BCUT2D eigenvalue weighted by Gasteiger charge is 2.20. The summed E-state index contributed by atoms with van der Waals surface area (Å²) in [6, 6.07) is 4.87. The van der Waals surface area contributed by atoms with E-state index in [1.54, 1.807) is 18.2 Å². The Balaban J connectivity index is 2.65. The van der Waals surface area contributed by atoms with Crippen molar-refractivity contribution in [3.63, 3.8) is 0 Å². The van der Waals surface area contributed by atoms with Crippen LogP contribution in [0.2, 0.25) is 0 Å². The van der Waals surface area contributed by atoms with E-state index in [2.05, 4.69) is 10.0 Å². The first-order chi connectivity index (χ1) is 9.45. The van der Waals surface area contributed by atoms with Crippen LogP contribution in [-0.2, 0) is 26.2 Å². The van der Waals surface area contributed by atoms with E-state index < -0.39 is 9.84 Å². The van der Waals surface area contributed by atoms with Gasteiger partial charge in [0.15, 0.2) is 9.84 Å². The van der Waals surface area contributed by atoms with Gasteiger partial charge in [-0.05, 0) is 24.1 Å².